The summed E-state index contributed by atoms with van der Waals surface area (Å²) in [5.74, 6) is 0.788. The van der Waals surface area contributed by atoms with E-state index in [0.29, 0.717) is 43.6 Å². The number of carbonyl (C=O) groups excluding carboxylic acids is 1. The molecule has 5 rings (SSSR count). The van der Waals surface area contributed by atoms with Gasteiger partial charge in [0.25, 0.3) is 0 Å². The number of rotatable bonds is 4. The topological polar surface area (TPSA) is 67.4 Å². The zero-order chi connectivity index (χ0) is 21.4. The number of nitrogens with zero attached hydrogens (tertiary/aromatic N) is 5. The minimum Gasteiger partial charge on any atom is -0.421 e. The molecule has 1 saturated heterocycles. The molecule has 1 fully saturated rings. The van der Waals surface area contributed by atoms with Crippen LogP contribution in [0.15, 0.2) is 59.1 Å². The molecule has 8 heteroatoms. The minimum absolute atomic E-state index is 0.0460. The maximum Gasteiger partial charge on any atom is 0.247 e. The second-order valence-electron chi connectivity index (χ2n) is 7.66. The monoisotopic (exact) mass is 419 g/mol. The first-order valence-corrected chi connectivity index (χ1v) is 10.2. The van der Waals surface area contributed by atoms with Gasteiger partial charge in [0.05, 0.1) is 5.69 Å². The van der Waals surface area contributed by atoms with Crippen molar-refractivity contribution >= 4 is 22.5 Å². The number of benzene rings is 2. The largest absolute Gasteiger partial charge is 0.421 e. The lowest BCUT2D eigenvalue weighted by atomic mass is 10.1. The summed E-state index contributed by atoms with van der Waals surface area (Å²) in [6.07, 6.45) is 1.92. The van der Waals surface area contributed by atoms with Crippen molar-refractivity contribution in [1.82, 2.24) is 19.7 Å². The van der Waals surface area contributed by atoms with Crippen LogP contribution in [0.25, 0.3) is 22.4 Å². The highest BCUT2D eigenvalue weighted by Crippen LogP contribution is 2.25. The van der Waals surface area contributed by atoms with E-state index in [2.05, 4.69) is 10.2 Å². The summed E-state index contributed by atoms with van der Waals surface area (Å²) >= 11 is 0. The zero-order valence-corrected chi connectivity index (χ0v) is 17.2. The number of fused-ring (bicyclic) bond motifs is 1. The van der Waals surface area contributed by atoms with E-state index in [1.807, 2.05) is 50.9 Å². The van der Waals surface area contributed by atoms with Gasteiger partial charge in [-0.3, -0.25) is 4.79 Å². The lowest BCUT2D eigenvalue weighted by Crippen LogP contribution is -2.49. The minimum atomic E-state index is -0.228. The summed E-state index contributed by atoms with van der Waals surface area (Å²) in [6.45, 7) is 4.36. The summed E-state index contributed by atoms with van der Waals surface area (Å²) in [5.41, 5.74) is 2.35. The molecule has 1 aliphatic rings. The third-order valence-corrected chi connectivity index (χ3v) is 5.68. The molecule has 158 valence electrons. The molecule has 0 N–H and O–H groups in total. The van der Waals surface area contributed by atoms with Gasteiger partial charge in [0.2, 0.25) is 17.7 Å². The van der Waals surface area contributed by atoms with Crippen molar-refractivity contribution in [2.45, 2.75) is 13.5 Å². The number of anilines is 1. The van der Waals surface area contributed by atoms with Gasteiger partial charge in [-0.2, -0.15) is 0 Å². The number of para-hydroxylation sites is 1. The summed E-state index contributed by atoms with van der Waals surface area (Å²) in [5, 5.41) is 9.00. The van der Waals surface area contributed by atoms with Crippen molar-refractivity contribution in [2.24, 2.45) is 0 Å². The Morgan fingerprint density at radius 1 is 1.06 bits per heavy atom. The molecule has 1 aliphatic heterocycles. The van der Waals surface area contributed by atoms with Crippen LogP contribution in [0.1, 0.15) is 5.89 Å². The van der Waals surface area contributed by atoms with E-state index >= 15 is 0 Å². The Bertz CT molecular complexity index is 1240. The molecule has 0 unspecified atom stereocenters. The van der Waals surface area contributed by atoms with Gasteiger partial charge in [-0.25, -0.2) is 4.39 Å². The number of amides is 1. The fraction of sp³-hybridized carbons (Fsp3) is 0.261. The highest BCUT2D eigenvalue weighted by Gasteiger charge is 2.23. The second-order valence-corrected chi connectivity index (χ2v) is 7.66. The maximum atomic E-state index is 14.0. The molecule has 1 amide bonds. The van der Waals surface area contributed by atoms with Crippen LogP contribution in [0.3, 0.4) is 0 Å². The van der Waals surface area contributed by atoms with E-state index < -0.39 is 0 Å². The summed E-state index contributed by atoms with van der Waals surface area (Å²) in [4.78, 5) is 16.8. The van der Waals surface area contributed by atoms with Gasteiger partial charge in [-0.05, 0) is 35.7 Å². The fourth-order valence-electron chi connectivity index (χ4n) is 4.02. The number of hydrogen-bond acceptors (Lipinski definition) is 5. The molecule has 0 spiro atoms. The number of carbonyl (C=O) groups is 1. The van der Waals surface area contributed by atoms with Crippen molar-refractivity contribution in [1.29, 1.82) is 0 Å². The van der Waals surface area contributed by atoms with Gasteiger partial charge >= 0.3 is 0 Å². The van der Waals surface area contributed by atoms with Gasteiger partial charge in [0.15, 0.2) is 0 Å². The average molecular weight is 419 g/mol. The van der Waals surface area contributed by atoms with Crippen LogP contribution in [0.5, 0.6) is 0 Å². The molecule has 0 aliphatic carbocycles. The molecule has 0 atom stereocenters. The summed E-state index contributed by atoms with van der Waals surface area (Å²) < 4.78 is 21.5. The summed E-state index contributed by atoms with van der Waals surface area (Å²) in [6, 6.07) is 14.6. The Morgan fingerprint density at radius 2 is 1.87 bits per heavy atom. The van der Waals surface area contributed by atoms with Crippen molar-refractivity contribution in [2.75, 3.05) is 31.1 Å². The number of aryl methyl sites for hydroxylation is 1. The number of aromatic nitrogens is 3. The van der Waals surface area contributed by atoms with Crippen molar-refractivity contribution < 1.29 is 13.6 Å². The number of piperazine rings is 1. The molecule has 2 aromatic carbocycles. The molecule has 3 heterocycles. The van der Waals surface area contributed by atoms with Crippen LogP contribution in [0.2, 0.25) is 0 Å². The molecular formula is C23H22FN5O2. The average Bonchev–Trinajstić information content (AvgIpc) is 3.40. The van der Waals surface area contributed by atoms with Crippen LogP contribution in [-0.4, -0.2) is 51.8 Å². The molecule has 0 bridgehead atoms. The van der Waals surface area contributed by atoms with Gasteiger partial charge in [-0.1, -0.05) is 18.2 Å². The highest BCUT2D eigenvalue weighted by atomic mass is 19.1. The van der Waals surface area contributed by atoms with E-state index in [1.54, 1.807) is 19.1 Å². The third-order valence-electron chi connectivity index (χ3n) is 5.68. The first kappa shape index (κ1) is 19.3. The van der Waals surface area contributed by atoms with Crippen LogP contribution >= 0.6 is 0 Å². The standard InChI is InChI=1S/C23H22FN5O2/c1-16-25-26-23(31-16)18-7-6-17-8-9-29(21(17)14-18)15-22(30)28-12-10-27(11-13-28)20-5-3-2-4-19(20)24/h2-9,14H,10-13,15H2,1H3. The Kier molecular flexibility index (Phi) is 4.89. The molecule has 31 heavy (non-hydrogen) atoms. The molecule has 7 nitrogen and oxygen atoms in total. The van der Waals surface area contributed by atoms with Crippen molar-refractivity contribution in [3.8, 4) is 11.5 Å². The van der Waals surface area contributed by atoms with Gasteiger partial charge in [0.1, 0.15) is 12.4 Å². The third kappa shape index (κ3) is 3.76. The molecule has 0 radical (unpaired) electrons. The Hall–Kier alpha value is -3.68. The van der Waals surface area contributed by atoms with E-state index in [4.69, 9.17) is 4.42 Å². The van der Waals surface area contributed by atoms with Crippen LogP contribution in [-0.2, 0) is 11.3 Å². The number of hydrogen-bond donors (Lipinski definition) is 0. The van der Waals surface area contributed by atoms with Gasteiger partial charge < -0.3 is 18.8 Å². The van der Waals surface area contributed by atoms with Crippen LogP contribution in [0, 0.1) is 12.7 Å². The normalized spacial score (nSPS) is 14.4. The van der Waals surface area contributed by atoms with E-state index in [9.17, 15) is 9.18 Å². The molecule has 4 aromatic rings. The first-order chi connectivity index (χ1) is 15.1. The SMILES string of the molecule is Cc1nnc(-c2ccc3ccn(CC(=O)N4CCN(c5ccccc5F)CC4)c3c2)o1. The van der Waals surface area contributed by atoms with Gasteiger partial charge in [0, 0.05) is 50.4 Å². The second kappa shape index (κ2) is 7.86. The summed E-state index contributed by atoms with van der Waals surface area (Å²) in [7, 11) is 0. The predicted octanol–water partition coefficient (Wildman–Crippen LogP) is 3.49. The highest BCUT2D eigenvalue weighted by molar-refractivity contribution is 5.86. The lowest BCUT2D eigenvalue weighted by Gasteiger charge is -2.36. The number of halogens is 1. The lowest BCUT2D eigenvalue weighted by molar-refractivity contribution is -0.132. The van der Waals surface area contributed by atoms with Crippen molar-refractivity contribution in [3.63, 3.8) is 0 Å². The molecular weight excluding hydrogens is 397 g/mol. The molecule has 0 saturated carbocycles. The Balaban J connectivity index is 1.29. The smallest absolute Gasteiger partial charge is 0.247 e. The van der Waals surface area contributed by atoms with E-state index in [1.165, 1.54) is 6.07 Å². The Morgan fingerprint density at radius 3 is 2.61 bits per heavy atom. The maximum absolute atomic E-state index is 14.0. The predicted molar refractivity (Wildman–Crippen MR) is 115 cm³/mol. The van der Waals surface area contributed by atoms with E-state index in [0.717, 1.165) is 16.5 Å². The first-order valence-electron chi connectivity index (χ1n) is 10.2. The fourth-order valence-corrected chi connectivity index (χ4v) is 4.02. The molecule has 2 aromatic heterocycles. The van der Waals surface area contributed by atoms with Crippen molar-refractivity contribution in [3.05, 3.63) is 66.4 Å². The van der Waals surface area contributed by atoms with Crippen LogP contribution in [0.4, 0.5) is 10.1 Å². The Labute approximate surface area is 178 Å². The van der Waals surface area contributed by atoms with E-state index in [-0.39, 0.29) is 18.3 Å². The quantitative estimate of drug-likeness (QED) is 0.507. The van der Waals surface area contributed by atoms with Gasteiger partial charge in [-0.15, -0.1) is 10.2 Å². The van der Waals surface area contributed by atoms with Crippen LogP contribution < -0.4 is 4.90 Å². The zero-order valence-electron chi connectivity index (χ0n) is 17.2.